The summed E-state index contributed by atoms with van der Waals surface area (Å²) in [5.41, 5.74) is 6.32. The molecule has 154 valence electrons. The molecule has 0 amide bonds. The molecule has 16 heteroatoms. The molecule has 1 saturated heterocycles. The van der Waals surface area contributed by atoms with Crippen LogP contribution in [-0.4, -0.2) is 84.8 Å². The fraction of sp³-hybridized carbons (Fsp3) is 0.583. The van der Waals surface area contributed by atoms with Crippen LogP contribution in [-0.2, 0) is 9.26 Å². The van der Waals surface area contributed by atoms with Crippen LogP contribution < -0.4 is 5.73 Å². The Kier molecular flexibility index (Phi) is 4.81. The number of fused-ring (bicyclic) bond motifs is 2. The maximum atomic E-state index is 10.4. The monoisotopic (exact) mass is 439 g/mol. The molecule has 2 aromatic heterocycles. The molecule has 2 aliphatic rings. The van der Waals surface area contributed by atoms with Crippen LogP contribution in [0.3, 0.4) is 0 Å². The highest BCUT2D eigenvalue weighted by molar-refractivity contribution is 7.76. The molecule has 0 aromatic carbocycles. The third kappa shape index (κ3) is 3.58. The van der Waals surface area contributed by atoms with E-state index in [0.717, 1.165) is 0 Å². The Morgan fingerprint density at radius 3 is 2.54 bits per heavy atom. The molecular formula is C12H19N5O9P2+2. The van der Waals surface area contributed by atoms with E-state index in [0.29, 0.717) is 5.69 Å². The first-order valence-electron chi connectivity index (χ1n) is 8.04. The first kappa shape index (κ1) is 20.1. The minimum absolute atomic E-state index is 0.0815. The first-order valence-corrected chi connectivity index (χ1v) is 11.7. The SMILES string of the molecule is Nc1ccnn2c([C@@H]3O[C@@H]4C(O[P+](O)(O)C[P+](O)(O)O)C4[C@@H](O)[C@H]3O)nnc12. The molecule has 2 aromatic rings. The smallest absolute Gasteiger partial charge is 0.396 e. The minimum atomic E-state index is -4.49. The Labute approximate surface area is 158 Å². The molecule has 0 bridgehead atoms. The summed E-state index contributed by atoms with van der Waals surface area (Å²) in [6.07, 6.45) is -4.44. The van der Waals surface area contributed by atoms with E-state index < -0.39 is 58.2 Å². The predicted molar refractivity (Wildman–Crippen MR) is 93.0 cm³/mol. The number of aliphatic hydroxyl groups excluding tert-OH is 2. The van der Waals surface area contributed by atoms with E-state index in [1.807, 2.05) is 0 Å². The van der Waals surface area contributed by atoms with Crippen LogP contribution in [0.5, 0.6) is 0 Å². The van der Waals surface area contributed by atoms with Crippen LogP contribution in [0.15, 0.2) is 12.3 Å². The molecular weight excluding hydrogens is 420 g/mol. The molecule has 2 unspecified atom stereocenters. The highest BCUT2D eigenvalue weighted by atomic mass is 31.3. The van der Waals surface area contributed by atoms with Crippen molar-refractivity contribution in [1.82, 2.24) is 19.8 Å². The van der Waals surface area contributed by atoms with Crippen LogP contribution in [0.2, 0.25) is 0 Å². The molecule has 3 heterocycles. The number of hydrogen-bond acceptors (Lipinski definition) is 13. The number of aromatic nitrogens is 4. The first-order chi connectivity index (χ1) is 13.0. The lowest BCUT2D eigenvalue weighted by Crippen LogP contribution is -2.41. The molecule has 9 N–H and O–H groups in total. The average molecular weight is 439 g/mol. The predicted octanol–water partition coefficient (Wildman–Crippen LogP) is -2.67. The van der Waals surface area contributed by atoms with Gasteiger partial charge in [-0.15, -0.1) is 10.2 Å². The quantitative estimate of drug-likeness (QED) is 0.222. The summed E-state index contributed by atoms with van der Waals surface area (Å²) < 4.78 is 12.0. The Morgan fingerprint density at radius 2 is 1.86 bits per heavy atom. The number of aliphatic hydroxyl groups is 2. The van der Waals surface area contributed by atoms with E-state index >= 15 is 0 Å². The zero-order valence-electron chi connectivity index (χ0n) is 14.0. The van der Waals surface area contributed by atoms with E-state index in [4.69, 9.17) is 29.7 Å². The number of nitrogen functional groups attached to an aromatic ring is 1. The molecule has 1 aliphatic heterocycles. The van der Waals surface area contributed by atoms with E-state index in [1.54, 1.807) is 0 Å². The van der Waals surface area contributed by atoms with Crippen molar-refractivity contribution < 1.29 is 43.9 Å². The largest absolute Gasteiger partial charge is 0.454 e. The van der Waals surface area contributed by atoms with Crippen molar-refractivity contribution in [3.63, 3.8) is 0 Å². The van der Waals surface area contributed by atoms with E-state index in [-0.39, 0.29) is 11.5 Å². The molecule has 6 atom stereocenters. The Morgan fingerprint density at radius 1 is 1.14 bits per heavy atom. The van der Waals surface area contributed by atoms with Crippen molar-refractivity contribution in [2.75, 3.05) is 11.6 Å². The zero-order valence-corrected chi connectivity index (χ0v) is 15.8. The molecule has 2 fully saturated rings. The van der Waals surface area contributed by atoms with Gasteiger partial charge in [-0.05, 0) is 6.07 Å². The Balaban J connectivity index is 1.54. The molecule has 0 spiro atoms. The van der Waals surface area contributed by atoms with E-state index in [2.05, 4.69) is 15.3 Å². The molecule has 0 radical (unpaired) electrons. The fourth-order valence-corrected chi connectivity index (χ4v) is 6.22. The van der Waals surface area contributed by atoms with E-state index in [1.165, 1.54) is 16.8 Å². The molecule has 28 heavy (non-hydrogen) atoms. The van der Waals surface area contributed by atoms with Crippen LogP contribution in [0.25, 0.3) is 5.65 Å². The number of ether oxygens (including phenoxy) is 1. The second-order valence-electron chi connectivity index (χ2n) is 6.73. The number of rotatable bonds is 5. The Hall–Kier alpha value is -1.15. The number of nitrogens with two attached hydrogens (primary N) is 1. The summed E-state index contributed by atoms with van der Waals surface area (Å²) in [6, 6.07) is 1.51. The van der Waals surface area contributed by atoms with Crippen molar-refractivity contribution in [2.45, 2.75) is 30.5 Å². The summed E-state index contributed by atoms with van der Waals surface area (Å²) in [6.45, 7) is 0. The van der Waals surface area contributed by atoms with Gasteiger partial charge in [-0.25, -0.2) is 0 Å². The summed E-state index contributed by atoms with van der Waals surface area (Å²) >= 11 is 0. The van der Waals surface area contributed by atoms with Gasteiger partial charge in [0.2, 0.25) is 5.65 Å². The average Bonchev–Trinajstić information content (AvgIpc) is 3.03. The van der Waals surface area contributed by atoms with Gasteiger partial charge in [0.05, 0.1) is 30.0 Å². The highest BCUT2D eigenvalue weighted by Gasteiger charge is 2.69. The normalized spacial score (nSPS) is 33.1. The molecule has 14 nitrogen and oxygen atoms in total. The minimum Gasteiger partial charge on any atom is -0.396 e. The van der Waals surface area contributed by atoms with Crippen molar-refractivity contribution in [1.29, 1.82) is 0 Å². The van der Waals surface area contributed by atoms with Crippen LogP contribution in [0, 0.1) is 5.92 Å². The lowest BCUT2D eigenvalue weighted by Gasteiger charge is -2.29. The molecule has 1 aliphatic carbocycles. The van der Waals surface area contributed by atoms with Crippen molar-refractivity contribution in [3.8, 4) is 0 Å². The van der Waals surface area contributed by atoms with Gasteiger partial charge >= 0.3 is 21.8 Å². The van der Waals surface area contributed by atoms with Gasteiger partial charge in [0.15, 0.2) is 5.82 Å². The summed E-state index contributed by atoms with van der Waals surface area (Å²) in [4.78, 5) is 46.7. The number of anilines is 1. The van der Waals surface area contributed by atoms with Gasteiger partial charge in [0.1, 0.15) is 18.3 Å². The summed E-state index contributed by atoms with van der Waals surface area (Å²) in [7, 11) is -8.83. The van der Waals surface area contributed by atoms with Crippen molar-refractivity contribution in [3.05, 3.63) is 18.1 Å². The topological polar surface area (TPSA) is 229 Å². The lowest BCUT2D eigenvalue weighted by molar-refractivity contribution is -0.145. The second kappa shape index (κ2) is 6.69. The third-order valence-corrected chi connectivity index (χ3v) is 8.15. The Bertz CT molecular complexity index is 892. The van der Waals surface area contributed by atoms with Gasteiger partial charge in [0, 0.05) is 0 Å². The zero-order chi connectivity index (χ0) is 20.4. The maximum Gasteiger partial charge on any atom is 0.454 e. The highest BCUT2D eigenvalue weighted by Crippen LogP contribution is 2.68. The summed E-state index contributed by atoms with van der Waals surface area (Å²) in [5, 5.41) is 32.7. The lowest BCUT2D eigenvalue weighted by atomic mass is 10.0. The number of nitrogens with zero attached hydrogens (tertiary/aromatic N) is 4. The molecule has 1 saturated carbocycles. The third-order valence-electron chi connectivity index (χ3n) is 4.58. The standard InChI is InChI=1S/C12H19N5O9P2/c13-4-1-2-14-17-11(4)15-16-12(17)10-7(19)6(18)5-8(25-10)9(5)26-28(23,24)3-27(20,21)22/h1-2,5-10,18-24H,3,13H2/q+2/t5?,6-,7-,8+,9?,10-/m1/s1. The van der Waals surface area contributed by atoms with Crippen LogP contribution >= 0.6 is 15.9 Å². The van der Waals surface area contributed by atoms with Gasteiger partial charge < -0.3 is 20.7 Å². The van der Waals surface area contributed by atoms with Gasteiger partial charge in [-0.1, -0.05) is 0 Å². The fourth-order valence-electron chi connectivity index (χ4n) is 3.33. The van der Waals surface area contributed by atoms with Crippen molar-refractivity contribution in [2.24, 2.45) is 5.92 Å². The molecule has 4 rings (SSSR count). The van der Waals surface area contributed by atoms with E-state index in [9.17, 15) is 20.0 Å². The van der Waals surface area contributed by atoms with Gasteiger partial charge in [-0.3, -0.25) is 0 Å². The summed E-state index contributed by atoms with van der Waals surface area (Å²) in [5.74, 6) is -1.85. The van der Waals surface area contributed by atoms with Gasteiger partial charge in [-0.2, -0.15) is 38.6 Å². The second-order valence-corrected chi connectivity index (χ2v) is 10.8. The maximum absolute atomic E-state index is 10.4. The van der Waals surface area contributed by atoms with Crippen molar-refractivity contribution >= 4 is 27.2 Å². The van der Waals surface area contributed by atoms with Gasteiger partial charge in [0.25, 0.3) is 0 Å². The van der Waals surface area contributed by atoms with Crippen LogP contribution in [0.1, 0.15) is 11.9 Å². The van der Waals surface area contributed by atoms with Crippen LogP contribution in [0.4, 0.5) is 5.69 Å². The number of hydrogen-bond donors (Lipinski definition) is 8.